The number of thiophene rings is 1. The average molecular weight is 377 g/mol. The van der Waals surface area contributed by atoms with E-state index in [-0.39, 0.29) is 16.9 Å². The Hall–Kier alpha value is -0.420. The lowest BCUT2D eigenvalue weighted by Gasteiger charge is -2.19. The van der Waals surface area contributed by atoms with Crippen LogP contribution in [-0.2, 0) is 0 Å². The molecule has 1 atom stereocenters. The quantitative estimate of drug-likeness (QED) is 0.705. The summed E-state index contributed by atoms with van der Waals surface area (Å²) in [4.78, 5) is 1.24. The zero-order valence-electron chi connectivity index (χ0n) is 11.3. The fraction of sp³-hybridized carbons (Fsp3) is 0.333. The molecule has 20 heavy (non-hydrogen) atoms. The van der Waals surface area contributed by atoms with Gasteiger partial charge >= 0.3 is 0 Å². The summed E-state index contributed by atoms with van der Waals surface area (Å²) in [6.07, 6.45) is 1.04. The zero-order valence-corrected chi connectivity index (χ0v) is 14.5. The number of halogens is 3. The Labute approximate surface area is 136 Å². The van der Waals surface area contributed by atoms with Crippen molar-refractivity contribution in [1.29, 1.82) is 0 Å². The van der Waals surface area contributed by atoms with Crippen LogP contribution in [0.25, 0.3) is 0 Å². The smallest absolute Gasteiger partial charge is 0.141 e. The van der Waals surface area contributed by atoms with Crippen LogP contribution in [0.5, 0.6) is 0 Å². The Kier molecular flexibility index (Phi) is 5.61. The molecule has 0 saturated heterocycles. The molecular weight excluding hydrogens is 361 g/mol. The molecular formula is C15H16BrClFNS. The van der Waals surface area contributed by atoms with Crippen molar-refractivity contribution in [3.8, 4) is 0 Å². The minimum absolute atomic E-state index is 0.0376. The molecule has 2 rings (SSSR count). The summed E-state index contributed by atoms with van der Waals surface area (Å²) >= 11 is 11.1. The molecule has 1 nitrogen and oxygen atoms in total. The maximum absolute atomic E-state index is 13.3. The van der Waals surface area contributed by atoms with Gasteiger partial charge in [0.25, 0.3) is 0 Å². The molecule has 0 aliphatic carbocycles. The number of benzene rings is 1. The van der Waals surface area contributed by atoms with Crippen molar-refractivity contribution in [3.05, 3.63) is 54.9 Å². The molecule has 108 valence electrons. The van der Waals surface area contributed by atoms with Crippen molar-refractivity contribution < 1.29 is 4.39 Å². The summed E-state index contributed by atoms with van der Waals surface area (Å²) in [6, 6.07) is 7.07. The van der Waals surface area contributed by atoms with E-state index >= 15 is 0 Å². The number of aryl methyl sites for hydroxylation is 1. The topological polar surface area (TPSA) is 12.0 Å². The van der Waals surface area contributed by atoms with Gasteiger partial charge in [-0.2, -0.15) is 0 Å². The Morgan fingerprint density at radius 1 is 1.40 bits per heavy atom. The second-order valence-corrected chi connectivity index (χ2v) is 7.67. The summed E-state index contributed by atoms with van der Waals surface area (Å²) in [5.74, 6) is -0.382. The van der Waals surface area contributed by atoms with E-state index in [1.54, 1.807) is 23.5 Å². The van der Waals surface area contributed by atoms with E-state index in [9.17, 15) is 4.39 Å². The van der Waals surface area contributed by atoms with Crippen LogP contribution in [0.4, 0.5) is 4.39 Å². The van der Waals surface area contributed by atoms with Crippen molar-refractivity contribution in [2.45, 2.75) is 26.3 Å². The van der Waals surface area contributed by atoms with Gasteiger partial charge in [-0.05, 0) is 65.1 Å². The van der Waals surface area contributed by atoms with Gasteiger partial charge in [-0.25, -0.2) is 4.39 Å². The van der Waals surface area contributed by atoms with E-state index in [4.69, 9.17) is 11.6 Å². The molecule has 0 amide bonds. The normalized spacial score (nSPS) is 12.7. The molecule has 0 spiro atoms. The highest BCUT2D eigenvalue weighted by atomic mass is 79.9. The minimum atomic E-state index is -0.382. The lowest BCUT2D eigenvalue weighted by molar-refractivity contribution is 0.592. The average Bonchev–Trinajstić information content (AvgIpc) is 2.73. The molecule has 0 saturated carbocycles. The zero-order chi connectivity index (χ0) is 14.7. The highest BCUT2D eigenvalue weighted by Gasteiger charge is 2.18. The van der Waals surface area contributed by atoms with Crippen LogP contribution in [0, 0.1) is 12.7 Å². The Balaban J connectivity index is 2.41. The second-order valence-electron chi connectivity index (χ2n) is 4.62. The maximum atomic E-state index is 13.3. The Morgan fingerprint density at radius 3 is 2.70 bits per heavy atom. The molecule has 0 fully saturated rings. The van der Waals surface area contributed by atoms with E-state index in [0.717, 1.165) is 22.3 Å². The van der Waals surface area contributed by atoms with Gasteiger partial charge in [0.2, 0.25) is 0 Å². The highest BCUT2D eigenvalue weighted by molar-refractivity contribution is 9.11. The van der Waals surface area contributed by atoms with Crippen molar-refractivity contribution in [2.75, 3.05) is 6.54 Å². The molecule has 0 aliphatic heterocycles. The molecule has 1 N–H and O–H groups in total. The van der Waals surface area contributed by atoms with E-state index < -0.39 is 0 Å². The molecule has 0 bridgehead atoms. The van der Waals surface area contributed by atoms with Crippen LogP contribution < -0.4 is 5.32 Å². The standard InChI is InChI=1S/C15H16BrClFNS/c1-3-6-19-15(11-8-14(16)20-9(11)2)10-4-5-13(18)12(17)7-10/h4-5,7-8,15,19H,3,6H2,1-2H3. The maximum Gasteiger partial charge on any atom is 0.141 e. The van der Waals surface area contributed by atoms with Gasteiger partial charge in [-0.15, -0.1) is 11.3 Å². The molecule has 1 heterocycles. The van der Waals surface area contributed by atoms with Crippen molar-refractivity contribution in [1.82, 2.24) is 5.32 Å². The molecule has 5 heteroatoms. The second kappa shape index (κ2) is 7.03. The first-order chi connectivity index (χ1) is 9.52. The molecule has 1 unspecified atom stereocenters. The number of rotatable bonds is 5. The highest BCUT2D eigenvalue weighted by Crippen LogP contribution is 2.34. The SMILES string of the molecule is CCCNC(c1ccc(F)c(Cl)c1)c1cc(Br)sc1C. The molecule has 0 aliphatic rings. The van der Waals surface area contributed by atoms with Crippen LogP contribution in [-0.4, -0.2) is 6.54 Å². The Bertz CT molecular complexity index is 600. The molecule has 0 radical (unpaired) electrons. The van der Waals surface area contributed by atoms with Crippen molar-refractivity contribution in [3.63, 3.8) is 0 Å². The third-order valence-electron chi connectivity index (χ3n) is 3.11. The number of nitrogens with one attached hydrogen (secondary N) is 1. The van der Waals surface area contributed by atoms with Crippen molar-refractivity contribution >= 4 is 38.9 Å². The van der Waals surface area contributed by atoms with Crippen LogP contribution in [0.2, 0.25) is 5.02 Å². The fourth-order valence-corrected chi connectivity index (χ4v) is 4.07. The van der Waals surface area contributed by atoms with Gasteiger partial charge < -0.3 is 5.32 Å². The predicted molar refractivity (Wildman–Crippen MR) is 88.3 cm³/mol. The van der Waals surface area contributed by atoms with Crippen LogP contribution in [0.1, 0.15) is 35.4 Å². The lowest BCUT2D eigenvalue weighted by atomic mass is 9.99. The number of hydrogen-bond acceptors (Lipinski definition) is 2. The van der Waals surface area contributed by atoms with Gasteiger partial charge in [0.15, 0.2) is 0 Å². The number of hydrogen-bond donors (Lipinski definition) is 1. The summed E-state index contributed by atoms with van der Waals surface area (Å²) < 4.78 is 14.4. The van der Waals surface area contributed by atoms with Gasteiger partial charge in [0, 0.05) is 4.88 Å². The largest absolute Gasteiger partial charge is 0.306 e. The first-order valence-electron chi connectivity index (χ1n) is 6.47. The van der Waals surface area contributed by atoms with Gasteiger partial charge in [-0.3, -0.25) is 0 Å². The van der Waals surface area contributed by atoms with Crippen molar-refractivity contribution in [2.24, 2.45) is 0 Å². The first-order valence-corrected chi connectivity index (χ1v) is 8.45. The van der Waals surface area contributed by atoms with Crippen LogP contribution in [0.3, 0.4) is 0 Å². The van der Waals surface area contributed by atoms with E-state index in [0.29, 0.717) is 0 Å². The van der Waals surface area contributed by atoms with E-state index in [1.807, 2.05) is 0 Å². The van der Waals surface area contributed by atoms with Crippen LogP contribution >= 0.6 is 38.9 Å². The van der Waals surface area contributed by atoms with Gasteiger partial charge in [0.05, 0.1) is 14.9 Å². The first kappa shape index (κ1) is 16.0. The third kappa shape index (κ3) is 3.61. The van der Waals surface area contributed by atoms with Gasteiger partial charge in [-0.1, -0.05) is 24.6 Å². The predicted octanol–water partition coefficient (Wildman–Crippen LogP) is 5.70. The van der Waals surface area contributed by atoms with Crippen LogP contribution in [0.15, 0.2) is 28.1 Å². The summed E-state index contributed by atoms with van der Waals surface area (Å²) in [7, 11) is 0. The summed E-state index contributed by atoms with van der Waals surface area (Å²) in [6.45, 7) is 5.11. The molecule has 1 aromatic carbocycles. The third-order valence-corrected chi connectivity index (χ3v) is 4.97. The van der Waals surface area contributed by atoms with E-state index in [1.165, 1.54) is 16.5 Å². The summed E-state index contributed by atoms with van der Waals surface area (Å²) in [5, 5.41) is 3.67. The minimum Gasteiger partial charge on any atom is -0.306 e. The Morgan fingerprint density at radius 2 is 2.15 bits per heavy atom. The lowest BCUT2D eigenvalue weighted by Crippen LogP contribution is -2.23. The van der Waals surface area contributed by atoms with E-state index in [2.05, 4.69) is 41.2 Å². The molecule has 2 aromatic rings. The fourth-order valence-electron chi connectivity index (χ4n) is 2.13. The van der Waals surface area contributed by atoms with Gasteiger partial charge in [0.1, 0.15) is 5.82 Å². The monoisotopic (exact) mass is 375 g/mol. The molecule has 1 aromatic heterocycles. The summed E-state index contributed by atoms with van der Waals surface area (Å²) in [5.41, 5.74) is 2.19.